The standard InChI is InChI=1S/C14H17ClN4OS/c1-3-11(21-2)7-13(20)17-12-9-19(18-14(12)15)10-5-4-6-16-8-10/h4-6,8-9,11H,3,7H2,1-2H3,(H,17,20). The third-order valence-electron chi connectivity index (χ3n) is 3.06. The predicted octanol–water partition coefficient (Wildman–Crippen LogP) is 3.39. The number of hydrogen-bond donors (Lipinski definition) is 1. The van der Waals surface area contributed by atoms with Crippen LogP contribution in [0, 0.1) is 0 Å². The van der Waals surface area contributed by atoms with Crippen LogP contribution in [0.15, 0.2) is 30.7 Å². The van der Waals surface area contributed by atoms with Crippen molar-refractivity contribution in [3.63, 3.8) is 0 Å². The molecule has 1 unspecified atom stereocenters. The molecule has 1 N–H and O–H groups in total. The fourth-order valence-electron chi connectivity index (χ4n) is 1.86. The molecule has 0 aromatic carbocycles. The molecule has 0 fully saturated rings. The third kappa shape index (κ3) is 4.22. The van der Waals surface area contributed by atoms with E-state index in [1.54, 1.807) is 35.0 Å². The fourth-order valence-corrected chi connectivity index (χ4v) is 2.69. The highest BCUT2D eigenvalue weighted by atomic mass is 35.5. The Morgan fingerprint density at radius 2 is 2.38 bits per heavy atom. The van der Waals surface area contributed by atoms with Gasteiger partial charge in [-0.15, -0.1) is 0 Å². The molecular formula is C14H17ClN4OS. The molecule has 0 bridgehead atoms. The Morgan fingerprint density at radius 1 is 1.57 bits per heavy atom. The number of rotatable bonds is 6. The zero-order valence-electron chi connectivity index (χ0n) is 11.9. The van der Waals surface area contributed by atoms with Crippen molar-refractivity contribution in [3.05, 3.63) is 35.9 Å². The average Bonchev–Trinajstić information content (AvgIpc) is 2.87. The van der Waals surface area contributed by atoms with Crippen molar-refractivity contribution in [2.24, 2.45) is 0 Å². The van der Waals surface area contributed by atoms with E-state index in [-0.39, 0.29) is 11.1 Å². The van der Waals surface area contributed by atoms with Gasteiger partial charge in [0.1, 0.15) is 0 Å². The van der Waals surface area contributed by atoms with Crippen LogP contribution in [0.25, 0.3) is 5.69 Å². The maximum Gasteiger partial charge on any atom is 0.225 e. The Bertz CT molecular complexity index is 598. The summed E-state index contributed by atoms with van der Waals surface area (Å²) in [5.41, 5.74) is 1.30. The number of anilines is 1. The topological polar surface area (TPSA) is 59.8 Å². The molecule has 2 aromatic rings. The summed E-state index contributed by atoms with van der Waals surface area (Å²) in [5.74, 6) is -0.0520. The Kier molecular flexibility index (Phi) is 5.64. The van der Waals surface area contributed by atoms with Crippen molar-refractivity contribution in [1.82, 2.24) is 14.8 Å². The van der Waals surface area contributed by atoms with E-state index in [1.807, 2.05) is 18.4 Å². The largest absolute Gasteiger partial charge is 0.322 e. The van der Waals surface area contributed by atoms with E-state index in [0.29, 0.717) is 17.4 Å². The first kappa shape index (κ1) is 15.9. The molecule has 21 heavy (non-hydrogen) atoms. The van der Waals surface area contributed by atoms with E-state index in [9.17, 15) is 4.79 Å². The monoisotopic (exact) mass is 324 g/mol. The molecule has 2 rings (SSSR count). The molecule has 2 heterocycles. The molecular weight excluding hydrogens is 308 g/mol. The molecule has 2 aromatic heterocycles. The first-order valence-corrected chi connectivity index (χ1v) is 8.28. The van der Waals surface area contributed by atoms with Gasteiger partial charge in [0.2, 0.25) is 5.91 Å². The Hall–Kier alpha value is -1.53. The molecule has 0 saturated heterocycles. The van der Waals surface area contributed by atoms with Crippen molar-refractivity contribution >= 4 is 35.0 Å². The summed E-state index contributed by atoms with van der Waals surface area (Å²) in [5, 5.41) is 7.57. The summed E-state index contributed by atoms with van der Waals surface area (Å²) in [4.78, 5) is 16.0. The summed E-state index contributed by atoms with van der Waals surface area (Å²) in [6, 6.07) is 3.68. The lowest BCUT2D eigenvalue weighted by atomic mass is 10.2. The number of nitrogens with one attached hydrogen (secondary N) is 1. The zero-order chi connectivity index (χ0) is 15.2. The number of thioether (sulfide) groups is 1. The van der Waals surface area contributed by atoms with E-state index in [4.69, 9.17) is 11.6 Å². The van der Waals surface area contributed by atoms with E-state index in [1.165, 1.54) is 0 Å². The molecule has 7 heteroatoms. The van der Waals surface area contributed by atoms with Crippen LogP contribution in [0.4, 0.5) is 5.69 Å². The van der Waals surface area contributed by atoms with Crippen LogP contribution in [-0.4, -0.2) is 32.2 Å². The Labute approximate surface area is 133 Å². The lowest BCUT2D eigenvalue weighted by Gasteiger charge is -2.10. The molecule has 1 atom stereocenters. The molecule has 0 saturated carbocycles. The summed E-state index contributed by atoms with van der Waals surface area (Å²) >= 11 is 7.76. The van der Waals surface area contributed by atoms with Crippen LogP contribution < -0.4 is 5.32 Å². The minimum Gasteiger partial charge on any atom is -0.322 e. The highest BCUT2D eigenvalue weighted by Crippen LogP contribution is 2.23. The van der Waals surface area contributed by atoms with Crippen LogP contribution in [0.5, 0.6) is 0 Å². The van der Waals surface area contributed by atoms with Gasteiger partial charge in [0.05, 0.1) is 23.8 Å². The van der Waals surface area contributed by atoms with Gasteiger partial charge >= 0.3 is 0 Å². The van der Waals surface area contributed by atoms with Crippen LogP contribution in [0.1, 0.15) is 19.8 Å². The van der Waals surface area contributed by atoms with Crippen molar-refractivity contribution in [1.29, 1.82) is 0 Å². The quantitative estimate of drug-likeness (QED) is 0.884. The van der Waals surface area contributed by atoms with Gasteiger partial charge in [0.25, 0.3) is 0 Å². The third-order valence-corrected chi connectivity index (χ3v) is 4.50. The summed E-state index contributed by atoms with van der Waals surface area (Å²) < 4.78 is 1.59. The van der Waals surface area contributed by atoms with Crippen molar-refractivity contribution in [2.45, 2.75) is 25.0 Å². The van der Waals surface area contributed by atoms with Crippen molar-refractivity contribution in [2.75, 3.05) is 11.6 Å². The number of halogens is 1. The lowest BCUT2D eigenvalue weighted by molar-refractivity contribution is -0.116. The zero-order valence-corrected chi connectivity index (χ0v) is 13.5. The van der Waals surface area contributed by atoms with Crippen molar-refractivity contribution < 1.29 is 4.79 Å². The maximum absolute atomic E-state index is 12.0. The summed E-state index contributed by atoms with van der Waals surface area (Å²) in [6.45, 7) is 2.07. The molecule has 5 nitrogen and oxygen atoms in total. The van der Waals surface area contributed by atoms with E-state index >= 15 is 0 Å². The van der Waals surface area contributed by atoms with Crippen LogP contribution in [0.2, 0.25) is 5.15 Å². The Morgan fingerprint density at radius 3 is 3.00 bits per heavy atom. The average molecular weight is 325 g/mol. The number of hydrogen-bond acceptors (Lipinski definition) is 4. The lowest BCUT2D eigenvalue weighted by Crippen LogP contribution is -2.17. The minimum atomic E-state index is -0.0520. The van der Waals surface area contributed by atoms with Gasteiger partial charge in [-0.2, -0.15) is 16.9 Å². The predicted molar refractivity (Wildman–Crippen MR) is 87.2 cm³/mol. The summed E-state index contributed by atoms with van der Waals surface area (Å²) in [7, 11) is 0. The highest BCUT2D eigenvalue weighted by molar-refractivity contribution is 7.99. The number of carbonyl (C=O) groups is 1. The molecule has 0 aliphatic rings. The van der Waals surface area contributed by atoms with Gasteiger partial charge in [-0.3, -0.25) is 9.78 Å². The Balaban J connectivity index is 2.08. The second kappa shape index (κ2) is 7.47. The maximum atomic E-state index is 12.0. The molecule has 0 radical (unpaired) electrons. The van der Waals surface area contributed by atoms with E-state index in [0.717, 1.165) is 12.1 Å². The number of carbonyl (C=O) groups excluding carboxylic acids is 1. The molecule has 0 spiro atoms. The minimum absolute atomic E-state index is 0.0520. The second-order valence-corrected chi connectivity index (χ2v) is 6.00. The van der Waals surface area contributed by atoms with Gasteiger partial charge in [-0.05, 0) is 24.8 Å². The fraction of sp³-hybridized carbons (Fsp3) is 0.357. The molecule has 1 amide bonds. The van der Waals surface area contributed by atoms with Crippen molar-refractivity contribution in [3.8, 4) is 5.69 Å². The van der Waals surface area contributed by atoms with Gasteiger partial charge in [-0.25, -0.2) is 4.68 Å². The number of amides is 1. The van der Waals surface area contributed by atoms with E-state index < -0.39 is 0 Å². The number of pyridine rings is 1. The van der Waals surface area contributed by atoms with Crippen LogP contribution in [-0.2, 0) is 4.79 Å². The normalized spacial score (nSPS) is 12.1. The van der Waals surface area contributed by atoms with E-state index in [2.05, 4.69) is 22.3 Å². The highest BCUT2D eigenvalue weighted by Gasteiger charge is 2.14. The molecule has 112 valence electrons. The first-order chi connectivity index (χ1) is 10.1. The summed E-state index contributed by atoms with van der Waals surface area (Å²) in [6.07, 6.45) is 8.48. The first-order valence-electron chi connectivity index (χ1n) is 6.62. The SMILES string of the molecule is CCC(CC(=O)Nc1cn(-c2cccnc2)nc1Cl)SC. The van der Waals surface area contributed by atoms with Crippen LogP contribution >= 0.6 is 23.4 Å². The molecule has 0 aliphatic heterocycles. The second-order valence-electron chi connectivity index (χ2n) is 4.51. The number of aromatic nitrogens is 3. The van der Waals surface area contributed by atoms with Gasteiger partial charge in [0.15, 0.2) is 5.15 Å². The van der Waals surface area contributed by atoms with Gasteiger partial charge < -0.3 is 5.32 Å². The number of nitrogens with zero attached hydrogens (tertiary/aromatic N) is 3. The smallest absolute Gasteiger partial charge is 0.225 e. The van der Waals surface area contributed by atoms with Gasteiger partial charge in [0, 0.05) is 17.9 Å². The molecule has 0 aliphatic carbocycles. The van der Waals surface area contributed by atoms with Gasteiger partial charge in [-0.1, -0.05) is 18.5 Å². The van der Waals surface area contributed by atoms with Crippen LogP contribution in [0.3, 0.4) is 0 Å².